The van der Waals surface area contributed by atoms with Crippen LogP contribution in [0, 0.1) is 38.5 Å². The van der Waals surface area contributed by atoms with Crippen LogP contribution in [0.5, 0.6) is 0 Å². The van der Waals surface area contributed by atoms with E-state index in [1.165, 1.54) is 32.4 Å². The van der Waals surface area contributed by atoms with Crippen LogP contribution in [-0.4, -0.2) is 13.1 Å². The average Bonchev–Trinajstić information content (AvgIpc) is 1.81. The number of rotatable bonds is 5. The van der Waals surface area contributed by atoms with Gasteiger partial charge in [-0.05, 0) is 25.9 Å². The number of hydrogen-bond donors (Lipinski definition) is 1. The molecule has 0 aromatic heterocycles. The fourth-order valence-electron chi connectivity index (χ4n) is 0.604. The Morgan fingerprint density at radius 3 is 2.00 bits per heavy atom. The van der Waals surface area contributed by atoms with Gasteiger partial charge in [-0.2, -0.15) is 0 Å². The van der Waals surface area contributed by atoms with Gasteiger partial charge in [-0.25, -0.2) is 0 Å². The second-order valence-electron chi connectivity index (χ2n) is 2.10. The van der Waals surface area contributed by atoms with Crippen LogP contribution in [0.3, 0.4) is 0 Å². The van der Waals surface area contributed by atoms with Crippen molar-refractivity contribution in [2.45, 2.75) is 33.1 Å². The molecule has 0 unspecified atom stereocenters. The van der Waals surface area contributed by atoms with Crippen molar-refractivity contribution in [3.63, 3.8) is 0 Å². The molecule has 1 nitrogen and oxygen atoms in total. The summed E-state index contributed by atoms with van der Waals surface area (Å²) in [5.41, 5.74) is 0. The summed E-state index contributed by atoms with van der Waals surface area (Å²) in [7, 11) is 0. The summed E-state index contributed by atoms with van der Waals surface area (Å²) < 4.78 is 0. The minimum atomic E-state index is 0. The van der Waals surface area contributed by atoms with Crippen molar-refractivity contribution < 1.29 is 31.1 Å². The van der Waals surface area contributed by atoms with Crippen LogP contribution in [-0.2, 0) is 0 Å². The normalized spacial score (nSPS) is 7.80. The molecule has 0 bridgehead atoms. The van der Waals surface area contributed by atoms with Crippen LogP contribution in [0.4, 0.5) is 0 Å². The molecule has 0 aromatic carbocycles. The zero-order valence-corrected chi connectivity index (χ0v) is 11.7. The first-order valence-corrected chi connectivity index (χ1v) is 3.62. The third-order valence-electron chi connectivity index (χ3n) is 1.13. The average molecular weight is 368 g/mol. The third-order valence-corrected chi connectivity index (χ3v) is 1.13. The molecule has 0 aliphatic rings. The molecule has 0 saturated carbocycles. The van der Waals surface area contributed by atoms with Crippen LogP contribution in [0.15, 0.2) is 0 Å². The van der Waals surface area contributed by atoms with E-state index in [4.69, 9.17) is 0 Å². The van der Waals surface area contributed by atoms with Gasteiger partial charge in [0, 0.05) is 31.1 Å². The standard InChI is InChI=1S/C7H17N.CH3.U/c1-3-5-7-8-6-4-2;;/h8H,3-7H2,1-2H3;1H3;/q;-1;. The van der Waals surface area contributed by atoms with Crippen molar-refractivity contribution >= 4 is 0 Å². The molecule has 0 rings (SSSR count). The van der Waals surface area contributed by atoms with Crippen molar-refractivity contribution in [1.29, 1.82) is 0 Å². The molecule has 0 amide bonds. The van der Waals surface area contributed by atoms with E-state index >= 15 is 0 Å². The number of nitrogens with one attached hydrogen (secondary N) is 1. The quantitative estimate of drug-likeness (QED) is 0.580. The molecule has 0 spiro atoms. The molecule has 0 aliphatic heterocycles. The first-order valence-electron chi connectivity index (χ1n) is 3.62. The fourth-order valence-corrected chi connectivity index (χ4v) is 0.604. The first-order chi connectivity index (χ1) is 3.91. The Hall–Kier alpha value is 1.01. The molecule has 0 heterocycles. The molecule has 0 fully saturated rings. The molecule has 1 N–H and O–H groups in total. The summed E-state index contributed by atoms with van der Waals surface area (Å²) in [6.07, 6.45) is 3.88. The molecule has 0 radical (unpaired) electrons. The summed E-state index contributed by atoms with van der Waals surface area (Å²) in [4.78, 5) is 0. The van der Waals surface area contributed by atoms with Crippen molar-refractivity contribution in [3.8, 4) is 0 Å². The van der Waals surface area contributed by atoms with E-state index in [1.807, 2.05) is 0 Å². The van der Waals surface area contributed by atoms with Gasteiger partial charge in [0.25, 0.3) is 0 Å². The van der Waals surface area contributed by atoms with Gasteiger partial charge in [0.05, 0.1) is 0 Å². The Morgan fingerprint density at radius 1 is 1.00 bits per heavy atom. The van der Waals surface area contributed by atoms with E-state index in [-0.39, 0.29) is 38.5 Å². The van der Waals surface area contributed by atoms with E-state index in [2.05, 4.69) is 19.2 Å². The predicted molar refractivity (Wildman–Crippen MR) is 44.5 cm³/mol. The zero-order valence-electron chi connectivity index (χ0n) is 7.54. The fraction of sp³-hybridized carbons (Fsp3) is 0.875. The smallest absolute Gasteiger partial charge is 0 e. The maximum atomic E-state index is 3.34. The van der Waals surface area contributed by atoms with Crippen molar-refractivity contribution in [1.82, 2.24) is 5.32 Å². The summed E-state index contributed by atoms with van der Waals surface area (Å²) in [5, 5.41) is 3.34. The van der Waals surface area contributed by atoms with Gasteiger partial charge in [-0.3, -0.25) is 0 Å². The molecule has 62 valence electrons. The molecule has 10 heavy (non-hydrogen) atoms. The zero-order chi connectivity index (χ0) is 6.24. The topological polar surface area (TPSA) is 12.0 Å². The number of unbranched alkanes of at least 4 members (excludes halogenated alkanes) is 1. The van der Waals surface area contributed by atoms with E-state index < -0.39 is 0 Å². The summed E-state index contributed by atoms with van der Waals surface area (Å²) >= 11 is 0. The molecule has 0 aliphatic carbocycles. The van der Waals surface area contributed by atoms with Gasteiger partial charge in [0.1, 0.15) is 0 Å². The molecule has 0 aromatic rings. The Morgan fingerprint density at radius 2 is 1.60 bits per heavy atom. The van der Waals surface area contributed by atoms with E-state index in [0.717, 1.165) is 0 Å². The molecular weight excluding hydrogens is 348 g/mol. The Balaban J connectivity index is -0.000000245. The molecule has 0 atom stereocenters. The summed E-state index contributed by atoms with van der Waals surface area (Å²) in [5.74, 6) is 0. The van der Waals surface area contributed by atoms with Crippen LogP contribution >= 0.6 is 0 Å². The van der Waals surface area contributed by atoms with Crippen LogP contribution in [0.1, 0.15) is 33.1 Å². The van der Waals surface area contributed by atoms with E-state index in [1.54, 1.807) is 0 Å². The van der Waals surface area contributed by atoms with Crippen LogP contribution in [0.25, 0.3) is 0 Å². The monoisotopic (exact) mass is 368 g/mol. The maximum Gasteiger partial charge on any atom is 0 e. The van der Waals surface area contributed by atoms with Gasteiger partial charge in [-0.15, -0.1) is 0 Å². The molecule has 2 heteroatoms. The summed E-state index contributed by atoms with van der Waals surface area (Å²) in [6, 6.07) is 0. The number of hydrogen-bond acceptors (Lipinski definition) is 1. The van der Waals surface area contributed by atoms with Gasteiger partial charge >= 0.3 is 0 Å². The Kier molecular flexibility index (Phi) is 28.4. The van der Waals surface area contributed by atoms with Gasteiger partial charge in [-0.1, -0.05) is 20.3 Å². The minimum absolute atomic E-state index is 0. The van der Waals surface area contributed by atoms with Crippen molar-refractivity contribution in [2.75, 3.05) is 13.1 Å². The van der Waals surface area contributed by atoms with Gasteiger partial charge in [0.15, 0.2) is 0 Å². The van der Waals surface area contributed by atoms with E-state index in [9.17, 15) is 0 Å². The SMILES string of the molecule is CCCCNCCC.[CH3-].[U]. The van der Waals surface area contributed by atoms with E-state index in [0.29, 0.717) is 0 Å². The van der Waals surface area contributed by atoms with Crippen molar-refractivity contribution in [3.05, 3.63) is 7.43 Å². The first kappa shape index (κ1) is 17.2. The van der Waals surface area contributed by atoms with Gasteiger partial charge in [0.2, 0.25) is 0 Å². The third kappa shape index (κ3) is 16.0. The Bertz CT molecular complexity index is 34.2. The maximum absolute atomic E-state index is 3.34. The largest absolute Gasteiger partial charge is 0.358 e. The predicted octanol–water partition coefficient (Wildman–Crippen LogP) is 2.24. The van der Waals surface area contributed by atoms with Crippen molar-refractivity contribution in [2.24, 2.45) is 0 Å². The van der Waals surface area contributed by atoms with Gasteiger partial charge < -0.3 is 12.7 Å². The summed E-state index contributed by atoms with van der Waals surface area (Å²) in [6.45, 7) is 6.79. The second kappa shape index (κ2) is 16.5. The Labute approximate surface area is 89.7 Å². The minimum Gasteiger partial charge on any atom is -0.358 e. The second-order valence-corrected chi connectivity index (χ2v) is 2.10. The van der Waals surface area contributed by atoms with Crippen LogP contribution in [0.2, 0.25) is 0 Å². The molecular formula is C8H20NU-. The molecule has 0 saturated heterocycles. The van der Waals surface area contributed by atoms with Crippen LogP contribution < -0.4 is 5.32 Å².